The van der Waals surface area contributed by atoms with Gasteiger partial charge in [0.15, 0.2) is 17.3 Å². The summed E-state index contributed by atoms with van der Waals surface area (Å²) in [5, 5.41) is 3.20. The molecule has 1 amide bonds. The topological polar surface area (TPSA) is 109 Å². The first-order valence-corrected chi connectivity index (χ1v) is 14.8. The number of nitrogens with one attached hydrogen (secondary N) is 1. The molecule has 3 aromatic carbocycles. The Morgan fingerprint density at radius 3 is 2.40 bits per heavy atom. The quantitative estimate of drug-likeness (QED) is 0.281. The molecule has 0 bridgehead atoms. The third-order valence-electron chi connectivity index (χ3n) is 8.57. The first kappa shape index (κ1) is 28.5. The summed E-state index contributed by atoms with van der Waals surface area (Å²) in [6.45, 7) is 3.56. The molecule has 4 aromatic rings. The second kappa shape index (κ2) is 11.9. The average molecular weight is 582 g/mol. The van der Waals surface area contributed by atoms with Crippen LogP contribution in [0.4, 0.5) is 5.69 Å². The minimum atomic E-state index is -0.635. The molecule has 1 aliphatic heterocycles. The Hall–Kier alpha value is -4.66. The number of para-hydroxylation sites is 1. The fourth-order valence-corrected chi connectivity index (χ4v) is 6.21. The zero-order valence-corrected chi connectivity index (χ0v) is 24.5. The number of nitrogens with zero attached hydrogens (tertiary/aromatic N) is 2. The Morgan fingerprint density at radius 1 is 0.884 bits per heavy atom. The number of carbonyl (C=O) groups is 2. The highest BCUT2D eigenvalue weighted by molar-refractivity contribution is 6.00. The Morgan fingerprint density at radius 2 is 1.63 bits per heavy atom. The van der Waals surface area contributed by atoms with Crippen molar-refractivity contribution in [1.29, 1.82) is 0 Å². The zero-order valence-electron chi connectivity index (χ0n) is 24.5. The summed E-state index contributed by atoms with van der Waals surface area (Å²) in [6.07, 6.45) is 5.97. The van der Waals surface area contributed by atoms with Gasteiger partial charge in [-0.1, -0.05) is 62.4 Å². The molecule has 43 heavy (non-hydrogen) atoms. The fraction of sp³-hybridized carbons (Fsp3) is 0.353. The molecular weight excluding hydrogens is 546 g/mol. The first-order chi connectivity index (χ1) is 20.8. The van der Waals surface area contributed by atoms with E-state index in [1.807, 2.05) is 32.0 Å². The number of Topliss-reactive ketones (excluding diaryl/α,β-unsaturated/α-hetero) is 1. The maximum absolute atomic E-state index is 14.0. The largest absolute Gasteiger partial charge is 0.454 e. The van der Waals surface area contributed by atoms with Crippen LogP contribution in [0.2, 0.25) is 0 Å². The third-order valence-corrected chi connectivity index (χ3v) is 8.57. The molecule has 0 radical (unpaired) electrons. The smallest absolute Gasteiger partial charge is 0.332 e. The summed E-state index contributed by atoms with van der Waals surface area (Å²) >= 11 is 0. The van der Waals surface area contributed by atoms with Crippen molar-refractivity contribution in [3.63, 3.8) is 0 Å². The molecule has 1 aromatic heterocycles. The van der Waals surface area contributed by atoms with Gasteiger partial charge in [-0.15, -0.1) is 0 Å². The van der Waals surface area contributed by atoms with E-state index in [-0.39, 0.29) is 36.6 Å². The molecule has 2 heterocycles. The number of aryl methyl sites for hydroxylation is 2. The Bertz CT molecular complexity index is 1830. The van der Waals surface area contributed by atoms with E-state index >= 15 is 0 Å². The zero-order chi connectivity index (χ0) is 30.1. The number of anilines is 1. The van der Waals surface area contributed by atoms with Crippen molar-refractivity contribution < 1.29 is 19.1 Å². The van der Waals surface area contributed by atoms with Crippen LogP contribution in [-0.2, 0) is 17.9 Å². The summed E-state index contributed by atoms with van der Waals surface area (Å²) in [7, 11) is 0. The number of aromatic nitrogens is 2. The van der Waals surface area contributed by atoms with Crippen LogP contribution >= 0.6 is 0 Å². The fourth-order valence-electron chi connectivity index (χ4n) is 6.21. The van der Waals surface area contributed by atoms with Crippen molar-refractivity contribution in [3.8, 4) is 11.5 Å². The van der Waals surface area contributed by atoms with Gasteiger partial charge in [0.05, 0.1) is 17.4 Å². The molecule has 0 spiro atoms. The number of ketones is 1. The molecule has 2 aliphatic rings. The van der Waals surface area contributed by atoms with Gasteiger partial charge in [0.25, 0.3) is 5.56 Å². The lowest BCUT2D eigenvalue weighted by molar-refractivity contribution is -0.116. The Labute approximate surface area is 249 Å². The van der Waals surface area contributed by atoms with Crippen LogP contribution in [0.15, 0.2) is 64.2 Å². The lowest BCUT2D eigenvalue weighted by atomic mass is 9.85. The van der Waals surface area contributed by atoms with Crippen LogP contribution in [0.5, 0.6) is 11.5 Å². The van der Waals surface area contributed by atoms with Crippen molar-refractivity contribution in [2.45, 2.75) is 65.5 Å². The Kier molecular flexibility index (Phi) is 7.88. The van der Waals surface area contributed by atoms with Gasteiger partial charge in [-0.05, 0) is 60.7 Å². The van der Waals surface area contributed by atoms with Gasteiger partial charge in [0, 0.05) is 17.7 Å². The highest BCUT2D eigenvalue weighted by Crippen LogP contribution is 2.33. The Balaban J connectivity index is 1.40. The molecule has 0 atom stereocenters. The SMILES string of the molecule is Cc1cccc(C)c1NC(=O)Cn1c(=O)n(Cc2ccc3c(c2)OCO3)c(=O)c2ccc(C(=O)CC3CCCCC3)cc21. The predicted molar refractivity (Wildman–Crippen MR) is 164 cm³/mol. The second-order valence-corrected chi connectivity index (χ2v) is 11.6. The molecule has 1 aliphatic carbocycles. The van der Waals surface area contributed by atoms with Crippen molar-refractivity contribution in [2.75, 3.05) is 12.1 Å². The van der Waals surface area contributed by atoms with Crippen LogP contribution < -0.4 is 26.0 Å². The summed E-state index contributed by atoms with van der Waals surface area (Å²) < 4.78 is 13.3. The molecule has 6 rings (SSSR count). The average Bonchev–Trinajstić information content (AvgIpc) is 3.48. The number of ether oxygens (including phenoxy) is 2. The van der Waals surface area contributed by atoms with Gasteiger partial charge in [-0.3, -0.25) is 23.5 Å². The first-order valence-electron chi connectivity index (χ1n) is 14.8. The van der Waals surface area contributed by atoms with Crippen molar-refractivity contribution >= 4 is 28.3 Å². The second-order valence-electron chi connectivity index (χ2n) is 11.6. The molecular formula is C34H35N3O6. The van der Waals surface area contributed by atoms with Gasteiger partial charge >= 0.3 is 5.69 Å². The lowest BCUT2D eigenvalue weighted by Crippen LogP contribution is -2.42. The van der Waals surface area contributed by atoms with Crippen LogP contribution in [0.1, 0.15) is 65.6 Å². The highest BCUT2D eigenvalue weighted by Gasteiger charge is 2.22. The van der Waals surface area contributed by atoms with Crippen molar-refractivity contribution in [2.24, 2.45) is 5.92 Å². The minimum Gasteiger partial charge on any atom is -0.454 e. The van der Waals surface area contributed by atoms with Crippen LogP contribution in [0.3, 0.4) is 0 Å². The monoisotopic (exact) mass is 581 g/mol. The lowest BCUT2D eigenvalue weighted by Gasteiger charge is -2.21. The van der Waals surface area contributed by atoms with Crippen molar-refractivity contribution in [1.82, 2.24) is 9.13 Å². The van der Waals surface area contributed by atoms with Crippen molar-refractivity contribution in [3.05, 3.63) is 97.7 Å². The molecule has 0 unspecified atom stereocenters. The van der Waals surface area contributed by atoms with E-state index in [1.54, 1.807) is 36.4 Å². The van der Waals surface area contributed by atoms with E-state index in [9.17, 15) is 19.2 Å². The van der Waals surface area contributed by atoms with Gasteiger partial charge in [0.1, 0.15) is 6.54 Å². The maximum atomic E-state index is 14.0. The molecule has 0 saturated heterocycles. The third kappa shape index (κ3) is 5.84. The molecule has 9 nitrogen and oxygen atoms in total. The van der Waals surface area contributed by atoms with E-state index < -0.39 is 17.2 Å². The molecule has 1 fully saturated rings. The summed E-state index contributed by atoms with van der Waals surface area (Å²) in [5.74, 6) is 1.06. The number of hydrogen-bond donors (Lipinski definition) is 1. The predicted octanol–water partition coefficient (Wildman–Crippen LogP) is 5.35. The van der Waals surface area contributed by atoms with E-state index in [0.29, 0.717) is 40.7 Å². The molecule has 9 heteroatoms. The number of benzene rings is 3. The van der Waals surface area contributed by atoms with Gasteiger partial charge in [-0.2, -0.15) is 0 Å². The van der Waals surface area contributed by atoms with Gasteiger partial charge < -0.3 is 14.8 Å². The number of amides is 1. The number of carbonyl (C=O) groups excluding carboxylic acids is 2. The number of hydrogen-bond acceptors (Lipinski definition) is 6. The number of rotatable bonds is 8. The summed E-state index contributed by atoms with van der Waals surface area (Å²) in [6, 6.07) is 15.8. The highest BCUT2D eigenvalue weighted by atomic mass is 16.7. The van der Waals surface area contributed by atoms with E-state index in [4.69, 9.17) is 9.47 Å². The molecule has 222 valence electrons. The minimum absolute atomic E-state index is 0.0164. The normalized spacial score (nSPS) is 14.7. The summed E-state index contributed by atoms with van der Waals surface area (Å²) in [5.41, 5.74) is 2.73. The maximum Gasteiger partial charge on any atom is 0.332 e. The van der Waals surface area contributed by atoms with Crippen LogP contribution in [0, 0.1) is 19.8 Å². The van der Waals surface area contributed by atoms with Crippen LogP contribution in [0.25, 0.3) is 10.9 Å². The van der Waals surface area contributed by atoms with E-state index in [0.717, 1.165) is 41.4 Å². The molecule has 1 saturated carbocycles. The van der Waals surface area contributed by atoms with Gasteiger partial charge in [0.2, 0.25) is 12.7 Å². The van der Waals surface area contributed by atoms with Crippen LogP contribution in [-0.4, -0.2) is 27.6 Å². The molecule has 1 N–H and O–H groups in total. The number of fused-ring (bicyclic) bond motifs is 2. The standard InChI is InChI=1S/C34H35N3O6/c1-21-7-6-8-22(2)32(21)35-31(39)19-36-27-17-25(28(38)15-23-9-4-3-5-10-23)12-13-26(27)33(40)37(34(36)41)18-24-11-14-29-30(16-24)43-20-42-29/h6-8,11-14,16-17,23H,3-5,9-10,15,18-20H2,1-2H3,(H,35,39). The van der Waals surface area contributed by atoms with E-state index in [1.165, 1.54) is 11.0 Å². The van der Waals surface area contributed by atoms with E-state index in [2.05, 4.69) is 5.32 Å². The summed E-state index contributed by atoms with van der Waals surface area (Å²) in [4.78, 5) is 54.4. The van der Waals surface area contributed by atoms with Gasteiger partial charge in [-0.25, -0.2) is 4.79 Å².